The van der Waals surface area contributed by atoms with E-state index in [0.717, 1.165) is 13.2 Å². The Kier molecular flexibility index (Phi) is 5.81. The molecule has 1 unspecified atom stereocenters. The van der Waals surface area contributed by atoms with Gasteiger partial charge in [-0.3, -0.25) is 0 Å². The quantitative estimate of drug-likeness (QED) is 0.482. The van der Waals surface area contributed by atoms with Gasteiger partial charge in [0.2, 0.25) is 0 Å². The highest BCUT2D eigenvalue weighted by Gasteiger charge is 2.57. The van der Waals surface area contributed by atoms with Gasteiger partial charge in [-0.25, -0.2) is 0 Å². The molecule has 1 heteroatoms. The summed E-state index contributed by atoms with van der Waals surface area (Å²) in [5.74, 6) is 0. The maximum Gasteiger partial charge on any atom is 0.0533 e. The highest BCUT2D eigenvalue weighted by molar-refractivity contribution is 5.06. The lowest BCUT2D eigenvalue weighted by Gasteiger charge is -2.56. The molecule has 0 aromatic rings. The topological polar surface area (TPSA) is 9.23 Å². The third-order valence-electron chi connectivity index (χ3n) is 9.32. The summed E-state index contributed by atoms with van der Waals surface area (Å²) in [6, 6.07) is 0. The average molecular weight is 365 g/mol. The second-order valence-corrected chi connectivity index (χ2v) is 12.9. The first-order valence-electron chi connectivity index (χ1n) is 11.2. The molecule has 0 aromatic heterocycles. The molecule has 0 amide bonds. The second kappa shape index (κ2) is 6.78. The predicted octanol–water partition coefficient (Wildman–Crippen LogP) is 7.88. The first-order valence-corrected chi connectivity index (χ1v) is 11.2. The molecule has 1 saturated heterocycles. The van der Waals surface area contributed by atoms with E-state index in [4.69, 9.17) is 4.74 Å². The summed E-state index contributed by atoms with van der Waals surface area (Å²) in [4.78, 5) is 0. The fraction of sp³-hybridized carbons (Fsp3) is 1.00. The van der Waals surface area contributed by atoms with Gasteiger partial charge in [-0.15, -0.1) is 0 Å². The molecule has 2 rings (SSSR count). The van der Waals surface area contributed by atoms with Crippen LogP contribution in [0.1, 0.15) is 114 Å². The van der Waals surface area contributed by atoms with Gasteiger partial charge in [0.05, 0.1) is 6.61 Å². The SMILES string of the molecule is CC(C)(C)C1(C(C)(C)CCC(C)(C)C2(C(C)(C)C)CCOC2)CCCC1. The fourth-order valence-electron chi connectivity index (χ4n) is 7.23. The molecule has 1 nitrogen and oxygen atoms in total. The number of hydrogen-bond acceptors (Lipinski definition) is 1. The number of rotatable bonds is 5. The van der Waals surface area contributed by atoms with Crippen LogP contribution in [0.25, 0.3) is 0 Å². The van der Waals surface area contributed by atoms with Gasteiger partial charge in [-0.1, -0.05) is 82.1 Å². The van der Waals surface area contributed by atoms with Crippen molar-refractivity contribution in [2.75, 3.05) is 13.2 Å². The predicted molar refractivity (Wildman–Crippen MR) is 114 cm³/mol. The van der Waals surface area contributed by atoms with E-state index < -0.39 is 0 Å². The van der Waals surface area contributed by atoms with Crippen molar-refractivity contribution in [2.45, 2.75) is 114 Å². The van der Waals surface area contributed by atoms with Gasteiger partial charge in [0, 0.05) is 12.0 Å². The highest BCUT2D eigenvalue weighted by atomic mass is 16.5. The van der Waals surface area contributed by atoms with Gasteiger partial charge in [0.1, 0.15) is 0 Å². The zero-order valence-electron chi connectivity index (χ0n) is 19.8. The minimum atomic E-state index is 0.284. The Morgan fingerprint density at radius 1 is 0.615 bits per heavy atom. The fourth-order valence-corrected chi connectivity index (χ4v) is 7.23. The van der Waals surface area contributed by atoms with E-state index in [2.05, 4.69) is 69.2 Å². The molecule has 1 aliphatic heterocycles. The monoisotopic (exact) mass is 364 g/mol. The normalized spacial score (nSPS) is 27.9. The Balaban J connectivity index is 2.25. The highest BCUT2D eigenvalue weighted by Crippen LogP contribution is 2.64. The summed E-state index contributed by atoms with van der Waals surface area (Å²) >= 11 is 0. The van der Waals surface area contributed by atoms with Crippen molar-refractivity contribution in [2.24, 2.45) is 32.5 Å². The van der Waals surface area contributed by atoms with Crippen molar-refractivity contribution >= 4 is 0 Å². The third-order valence-corrected chi connectivity index (χ3v) is 9.32. The zero-order valence-corrected chi connectivity index (χ0v) is 19.8. The summed E-state index contributed by atoms with van der Waals surface area (Å²) in [6.45, 7) is 26.9. The van der Waals surface area contributed by atoms with Crippen LogP contribution in [0.4, 0.5) is 0 Å². The van der Waals surface area contributed by atoms with Gasteiger partial charge in [0.15, 0.2) is 0 Å². The van der Waals surface area contributed by atoms with E-state index in [0.29, 0.717) is 27.1 Å². The summed E-state index contributed by atoms with van der Waals surface area (Å²) in [7, 11) is 0. The van der Waals surface area contributed by atoms with Gasteiger partial charge in [-0.05, 0) is 59.2 Å². The van der Waals surface area contributed by atoms with Crippen LogP contribution in [0, 0.1) is 32.5 Å². The van der Waals surface area contributed by atoms with E-state index in [1.165, 1.54) is 44.9 Å². The van der Waals surface area contributed by atoms with Crippen LogP contribution in [-0.2, 0) is 4.74 Å². The van der Waals surface area contributed by atoms with Crippen molar-refractivity contribution < 1.29 is 4.74 Å². The summed E-state index contributed by atoms with van der Waals surface area (Å²) in [6.07, 6.45) is 9.52. The Morgan fingerprint density at radius 2 is 1.04 bits per heavy atom. The van der Waals surface area contributed by atoms with Crippen LogP contribution in [0.2, 0.25) is 0 Å². The van der Waals surface area contributed by atoms with E-state index in [9.17, 15) is 0 Å². The van der Waals surface area contributed by atoms with Gasteiger partial charge < -0.3 is 4.74 Å². The second-order valence-electron chi connectivity index (χ2n) is 12.9. The summed E-state index contributed by atoms with van der Waals surface area (Å²) in [5.41, 5.74) is 2.13. The Labute approximate surface area is 165 Å². The standard InChI is InChI=1S/C25H48O/c1-20(2,3)24(13-11-12-14-24)22(7,8)15-16-23(9,10)25(21(4,5)6)17-18-26-19-25/h11-19H2,1-10H3. The van der Waals surface area contributed by atoms with E-state index in [-0.39, 0.29) is 5.41 Å². The molecule has 26 heavy (non-hydrogen) atoms. The van der Waals surface area contributed by atoms with Crippen LogP contribution in [0.3, 0.4) is 0 Å². The zero-order chi connectivity index (χ0) is 20.1. The molecule has 2 fully saturated rings. The van der Waals surface area contributed by atoms with Crippen LogP contribution in [0.5, 0.6) is 0 Å². The third kappa shape index (κ3) is 3.40. The lowest BCUT2D eigenvalue weighted by Crippen LogP contribution is -2.50. The molecule has 0 radical (unpaired) electrons. The molecule has 1 aliphatic carbocycles. The van der Waals surface area contributed by atoms with Gasteiger partial charge >= 0.3 is 0 Å². The number of hydrogen-bond donors (Lipinski definition) is 0. The van der Waals surface area contributed by atoms with Crippen LogP contribution < -0.4 is 0 Å². The lowest BCUT2D eigenvalue weighted by molar-refractivity contribution is -0.0820. The van der Waals surface area contributed by atoms with Crippen LogP contribution in [0.15, 0.2) is 0 Å². The smallest absolute Gasteiger partial charge is 0.0533 e. The van der Waals surface area contributed by atoms with E-state index in [1.807, 2.05) is 0 Å². The molecule has 1 heterocycles. The van der Waals surface area contributed by atoms with Crippen molar-refractivity contribution in [1.29, 1.82) is 0 Å². The number of ether oxygens (including phenoxy) is 1. The maximum absolute atomic E-state index is 5.98. The van der Waals surface area contributed by atoms with Gasteiger partial charge in [-0.2, -0.15) is 0 Å². The van der Waals surface area contributed by atoms with Crippen molar-refractivity contribution in [1.82, 2.24) is 0 Å². The largest absolute Gasteiger partial charge is 0.381 e. The van der Waals surface area contributed by atoms with Gasteiger partial charge in [0.25, 0.3) is 0 Å². The Hall–Kier alpha value is -0.0400. The lowest BCUT2D eigenvalue weighted by atomic mass is 9.48. The van der Waals surface area contributed by atoms with E-state index >= 15 is 0 Å². The van der Waals surface area contributed by atoms with Crippen molar-refractivity contribution in [3.05, 3.63) is 0 Å². The van der Waals surface area contributed by atoms with Crippen molar-refractivity contribution in [3.8, 4) is 0 Å². The van der Waals surface area contributed by atoms with Crippen LogP contribution in [-0.4, -0.2) is 13.2 Å². The Morgan fingerprint density at radius 3 is 1.38 bits per heavy atom. The van der Waals surface area contributed by atoms with Crippen molar-refractivity contribution in [3.63, 3.8) is 0 Å². The maximum atomic E-state index is 5.98. The summed E-state index contributed by atoms with van der Waals surface area (Å²) in [5, 5.41) is 0. The molecular formula is C25H48O. The molecule has 0 aromatic carbocycles. The van der Waals surface area contributed by atoms with Crippen LogP contribution >= 0.6 is 0 Å². The molecule has 0 bridgehead atoms. The molecule has 1 saturated carbocycles. The molecule has 154 valence electrons. The average Bonchev–Trinajstić information content (AvgIpc) is 3.14. The van der Waals surface area contributed by atoms with E-state index in [1.54, 1.807) is 0 Å². The molecular weight excluding hydrogens is 316 g/mol. The summed E-state index contributed by atoms with van der Waals surface area (Å²) < 4.78 is 5.98. The molecule has 2 aliphatic rings. The molecule has 0 N–H and O–H groups in total. The first kappa shape index (κ1) is 22.3. The molecule has 0 spiro atoms. The first-order chi connectivity index (χ1) is 11.6. The molecule has 1 atom stereocenters. The minimum absolute atomic E-state index is 0.284. The Bertz CT molecular complexity index is 425. The minimum Gasteiger partial charge on any atom is -0.381 e.